The Morgan fingerprint density at radius 3 is 2.61 bits per heavy atom. The number of rotatable bonds is 5. The zero-order valence-corrected chi connectivity index (χ0v) is 12.3. The summed E-state index contributed by atoms with van der Waals surface area (Å²) in [5.41, 5.74) is 1.62. The summed E-state index contributed by atoms with van der Waals surface area (Å²) in [4.78, 5) is 0. The van der Waals surface area contributed by atoms with Gasteiger partial charge in [-0.25, -0.2) is 0 Å². The minimum absolute atomic E-state index is 0.350. The molecule has 0 aliphatic heterocycles. The van der Waals surface area contributed by atoms with Crippen LogP contribution in [0, 0.1) is 11.3 Å². The van der Waals surface area contributed by atoms with E-state index < -0.39 is 0 Å². The van der Waals surface area contributed by atoms with Crippen molar-refractivity contribution in [3.05, 3.63) is 28.8 Å². The summed E-state index contributed by atoms with van der Waals surface area (Å²) < 4.78 is 5.20. The van der Waals surface area contributed by atoms with Gasteiger partial charge in [0.2, 0.25) is 0 Å². The number of halogens is 1. The summed E-state index contributed by atoms with van der Waals surface area (Å²) in [6.45, 7) is 7.73. The Morgan fingerprint density at radius 1 is 1.50 bits per heavy atom. The molecule has 0 bridgehead atoms. The van der Waals surface area contributed by atoms with Crippen molar-refractivity contribution in [2.45, 2.75) is 33.2 Å². The first kappa shape index (κ1) is 13.7. The van der Waals surface area contributed by atoms with Gasteiger partial charge in [-0.2, -0.15) is 0 Å². The van der Waals surface area contributed by atoms with Crippen molar-refractivity contribution in [3.8, 4) is 5.75 Å². The van der Waals surface area contributed by atoms with Crippen molar-refractivity contribution in [2.24, 2.45) is 11.3 Å². The normalized spacial score (nSPS) is 22.6. The maximum Gasteiger partial charge on any atom is 0.120 e. The fraction of sp³-hybridized carbons (Fsp3) is 0.600. The Kier molecular flexibility index (Phi) is 3.88. The molecule has 2 unspecified atom stereocenters. The molecule has 3 heteroatoms. The van der Waals surface area contributed by atoms with Crippen molar-refractivity contribution in [2.75, 3.05) is 13.7 Å². The van der Waals surface area contributed by atoms with Crippen molar-refractivity contribution >= 4 is 11.6 Å². The van der Waals surface area contributed by atoms with Gasteiger partial charge in [0.15, 0.2) is 0 Å². The van der Waals surface area contributed by atoms with Gasteiger partial charge in [-0.1, -0.05) is 38.4 Å². The van der Waals surface area contributed by atoms with Gasteiger partial charge in [0.1, 0.15) is 5.75 Å². The molecule has 2 nitrogen and oxygen atoms in total. The first-order valence-corrected chi connectivity index (χ1v) is 6.94. The second-order valence-electron chi connectivity index (χ2n) is 5.72. The van der Waals surface area contributed by atoms with Gasteiger partial charge in [-0.05, 0) is 42.0 Å². The smallest absolute Gasteiger partial charge is 0.120 e. The van der Waals surface area contributed by atoms with Gasteiger partial charge in [-0.15, -0.1) is 0 Å². The average Bonchev–Trinajstić information content (AvgIpc) is 2.95. The largest absolute Gasteiger partial charge is 0.497 e. The molecule has 18 heavy (non-hydrogen) atoms. The van der Waals surface area contributed by atoms with Crippen molar-refractivity contribution in [1.82, 2.24) is 5.32 Å². The summed E-state index contributed by atoms with van der Waals surface area (Å²) in [6.07, 6.45) is 1.26. The molecule has 0 amide bonds. The molecule has 100 valence electrons. The standard InChI is InChI=1S/C15H22ClNO/c1-5-17-14(12-9-15(12,2)3)11-7-6-10(18-4)8-13(11)16/h6-8,12,14,17H,5,9H2,1-4H3. The Bertz CT molecular complexity index is 431. The third-order valence-corrected chi connectivity index (χ3v) is 4.29. The van der Waals surface area contributed by atoms with Crippen LogP contribution in [-0.2, 0) is 0 Å². The van der Waals surface area contributed by atoms with Crippen LogP contribution in [-0.4, -0.2) is 13.7 Å². The number of nitrogens with one attached hydrogen (secondary N) is 1. The lowest BCUT2D eigenvalue weighted by atomic mass is 9.96. The summed E-state index contributed by atoms with van der Waals surface area (Å²) >= 11 is 6.38. The minimum Gasteiger partial charge on any atom is -0.497 e. The molecule has 1 aliphatic rings. The van der Waals surface area contributed by atoms with Crippen LogP contribution in [0.5, 0.6) is 5.75 Å². The second-order valence-corrected chi connectivity index (χ2v) is 6.13. The maximum atomic E-state index is 6.38. The molecule has 1 aromatic carbocycles. The molecule has 0 heterocycles. The van der Waals surface area contributed by atoms with E-state index in [9.17, 15) is 0 Å². The predicted octanol–water partition coefficient (Wildman–Crippen LogP) is 4.05. The summed E-state index contributed by atoms with van der Waals surface area (Å²) in [7, 11) is 1.66. The molecule has 1 saturated carbocycles. The van der Waals surface area contributed by atoms with Gasteiger partial charge in [-0.3, -0.25) is 0 Å². The van der Waals surface area contributed by atoms with Crippen molar-refractivity contribution in [1.29, 1.82) is 0 Å². The fourth-order valence-electron chi connectivity index (χ4n) is 2.65. The van der Waals surface area contributed by atoms with Gasteiger partial charge < -0.3 is 10.1 Å². The topological polar surface area (TPSA) is 21.3 Å². The average molecular weight is 268 g/mol. The lowest BCUT2D eigenvalue weighted by Crippen LogP contribution is -2.24. The number of hydrogen-bond acceptors (Lipinski definition) is 2. The molecule has 1 fully saturated rings. The van der Waals surface area contributed by atoms with E-state index in [0.717, 1.165) is 17.3 Å². The third kappa shape index (κ3) is 2.65. The van der Waals surface area contributed by atoms with Crippen LogP contribution in [0.15, 0.2) is 18.2 Å². The number of benzene rings is 1. The second kappa shape index (κ2) is 5.10. The van der Waals surface area contributed by atoms with E-state index in [4.69, 9.17) is 16.3 Å². The van der Waals surface area contributed by atoms with Crippen LogP contribution in [0.25, 0.3) is 0 Å². The van der Waals surface area contributed by atoms with E-state index in [-0.39, 0.29) is 0 Å². The number of hydrogen-bond donors (Lipinski definition) is 1. The molecule has 1 aliphatic carbocycles. The summed E-state index contributed by atoms with van der Waals surface area (Å²) in [6, 6.07) is 6.32. The highest BCUT2D eigenvalue weighted by atomic mass is 35.5. The first-order chi connectivity index (χ1) is 8.49. The summed E-state index contributed by atoms with van der Waals surface area (Å²) in [5, 5.41) is 4.36. The molecule has 1 N–H and O–H groups in total. The van der Waals surface area contributed by atoms with E-state index in [1.165, 1.54) is 12.0 Å². The SMILES string of the molecule is CCNC(c1ccc(OC)cc1Cl)C1CC1(C)C. The molecule has 0 spiro atoms. The van der Waals surface area contributed by atoms with Crippen LogP contribution in [0.3, 0.4) is 0 Å². The molecule has 1 aromatic rings. The fourth-order valence-corrected chi connectivity index (χ4v) is 2.94. The Balaban J connectivity index is 2.26. The molecule has 2 atom stereocenters. The third-order valence-electron chi connectivity index (χ3n) is 3.96. The molecule has 0 radical (unpaired) electrons. The Hall–Kier alpha value is -0.730. The first-order valence-electron chi connectivity index (χ1n) is 6.56. The molecule has 0 saturated heterocycles. The van der Waals surface area contributed by atoms with Gasteiger partial charge in [0, 0.05) is 11.1 Å². The van der Waals surface area contributed by atoms with Gasteiger partial charge >= 0.3 is 0 Å². The zero-order valence-electron chi connectivity index (χ0n) is 11.6. The van der Waals surface area contributed by atoms with Crippen LogP contribution in [0.1, 0.15) is 38.8 Å². The van der Waals surface area contributed by atoms with Crippen LogP contribution < -0.4 is 10.1 Å². The molecule has 2 rings (SSSR count). The van der Waals surface area contributed by atoms with Crippen molar-refractivity contribution < 1.29 is 4.74 Å². The van der Waals surface area contributed by atoms with E-state index in [2.05, 4.69) is 32.2 Å². The zero-order chi connectivity index (χ0) is 13.3. The number of ether oxygens (including phenoxy) is 1. The van der Waals surface area contributed by atoms with E-state index in [1.54, 1.807) is 7.11 Å². The Morgan fingerprint density at radius 2 is 2.17 bits per heavy atom. The van der Waals surface area contributed by atoms with Gasteiger partial charge in [0.05, 0.1) is 7.11 Å². The maximum absolute atomic E-state index is 6.38. The molecular weight excluding hydrogens is 246 g/mol. The lowest BCUT2D eigenvalue weighted by Gasteiger charge is -2.21. The van der Waals surface area contributed by atoms with Crippen LogP contribution >= 0.6 is 11.6 Å². The lowest BCUT2D eigenvalue weighted by molar-refractivity contribution is 0.410. The monoisotopic (exact) mass is 267 g/mol. The highest BCUT2D eigenvalue weighted by Gasteiger charge is 2.50. The minimum atomic E-state index is 0.350. The van der Waals surface area contributed by atoms with E-state index in [0.29, 0.717) is 17.4 Å². The number of methoxy groups -OCH3 is 1. The molecule has 0 aromatic heterocycles. The highest BCUT2D eigenvalue weighted by molar-refractivity contribution is 6.31. The predicted molar refractivity (Wildman–Crippen MR) is 76.3 cm³/mol. The highest BCUT2D eigenvalue weighted by Crippen LogP contribution is 2.58. The quantitative estimate of drug-likeness (QED) is 0.869. The van der Waals surface area contributed by atoms with E-state index >= 15 is 0 Å². The summed E-state index contributed by atoms with van der Waals surface area (Å²) in [5.74, 6) is 1.48. The Labute approximate surface area is 115 Å². The van der Waals surface area contributed by atoms with Crippen LogP contribution in [0.4, 0.5) is 0 Å². The molecular formula is C15H22ClNO. The van der Waals surface area contributed by atoms with E-state index in [1.807, 2.05) is 12.1 Å². The van der Waals surface area contributed by atoms with Gasteiger partial charge in [0.25, 0.3) is 0 Å². The van der Waals surface area contributed by atoms with Crippen LogP contribution in [0.2, 0.25) is 5.02 Å². The van der Waals surface area contributed by atoms with Crippen molar-refractivity contribution in [3.63, 3.8) is 0 Å².